The van der Waals surface area contributed by atoms with Crippen molar-refractivity contribution in [2.24, 2.45) is 11.8 Å². The fourth-order valence-corrected chi connectivity index (χ4v) is 1.65. The van der Waals surface area contributed by atoms with E-state index in [4.69, 9.17) is 0 Å². The van der Waals surface area contributed by atoms with Crippen LogP contribution in [0.2, 0.25) is 0 Å². The van der Waals surface area contributed by atoms with Crippen LogP contribution in [0, 0.1) is 11.8 Å². The highest BCUT2D eigenvalue weighted by molar-refractivity contribution is 4.76. The lowest BCUT2D eigenvalue weighted by Gasteiger charge is -2.16. The molecule has 1 heterocycles. The van der Waals surface area contributed by atoms with Gasteiger partial charge in [-0.25, -0.2) is 0 Å². The van der Waals surface area contributed by atoms with Gasteiger partial charge in [0, 0.05) is 0 Å². The maximum absolute atomic E-state index is 3.38. The Bertz CT molecular complexity index is 87.3. The van der Waals surface area contributed by atoms with E-state index in [1.54, 1.807) is 0 Å². The fraction of sp³-hybridized carbons (Fsp3) is 1.00. The molecule has 0 aliphatic carbocycles. The molecule has 1 aliphatic rings. The second kappa shape index (κ2) is 3.94. The van der Waals surface area contributed by atoms with Crippen molar-refractivity contribution in [3.63, 3.8) is 0 Å². The highest BCUT2D eigenvalue weighted by Gasteiger charge is 2.19. The van der Waals surface area contributed by atoms with Crippen LogP contribution in [-0.4, -0.2) is 26.7 Å². The van der Waals surface area contributed by atoms with E-state index < -0.39 is 0 Å². The van der Waals surface area contributed by atoms with E-state index in [2.05, 4.69) is 17.6 Å². The molecular weight excluding hydrogens is 124 g/mol. The number of rotatable bonds is 3. The molecular formula is C8H18N2. The van der Waals surface area contributed by atoms with Crippen LogP contribution in [0.4, 0.5) is 0 Å². The van der Waals surface area contributed by atoms with Crippen molar-refractivity contribution in [1.29, 1.82) is 0 Å². The van der Waals surface area contributed by atoms with Gasteiger partial charge < -0.3 is 10.6 Å². The van der Waals surface area contributed by atoms with Crippen LogP contribution < -0.4 is 10.6 Å². The predicted molar refractivity (Wildman–Crippen MR) is 44.1 cm³/mol. The van der Waals surface area contributed by atoms with Crippen LogP contribution in [0.5, 0.6) is 0 Å². The predicted octanol–water partition coefficient (Wildman–Crippen LogP) is 0.451. The summed E-state index contributed by atoms with van der Waals surface area (Å²) in [5, 5.41) is 6.60. The van der Waals surface area contributed by atoms with Gasteiger partial charge in [0.1, 0.15) is 0 Å². The molecule has 1 aliphatic heterocycles. The van der Waals surface area contributed by atoms with Crippen LogP contribution in [0.1, 0.15) is 13.3 Å². The summed E-state index contributed by atoms with van der Waals surface area (Å²) in [6, 6.07) is 0. The van der Waals surface area contributed by atoms with Gasteiger partial charge in [0.2, 0.25) is 0 Å². The summed E-state index contributed by atoms with van der Waals surface area (Å²) in [6.45, 7) is 5.93. The molecule has 2 atom stereocenters. The van der Waals surface area contributed by atoms with Crippen LogP contribution >= 0.6 is 0 Å². The molecule has 0 radical (unpaired) electrons. The Morgan fingerprint density at radius 2 is 2.50 bits per heavy atom. The molecule has 2 nitrogen and oxygen atoms in total. The summed E-state index contributed by atoms with van der Waals surface area (Å²) in [6.07, 6.45) is 1.36. The Balaban J connectivity index is 2.18. The molecule has 2 heteroatoms. The van der Waals surface area contributed by atoms with E-state index in [0.717, 1.165) is 18.4 Å². The smallest absolute Gasteiger partial charge is 0.00170 e. The summed E-state index contributed by atoms with van der Waals surface area (Å²) < 4.78 is 0. The number of nitrogens with one attached hydrogen (secondary N) is 2. The summed E-state index contributed by atoms with van der Waals surface area (Å²) in [7, 11) is 2.03. The maximum atomic E-state index is 3.38. The zero-order chi connectivity index (χ0) is 7.40. The van der Waals surface area contributed by atoms with Crippen molar-refractivity contribution in [2.75, 3.05) is 26.7 Å². The van der Waals surface area contributed by atoms with Crippen LogP contribution in [0.3, 0.4) is 0 Å². The first-order chi connectivity index (χ1) is 4.84. The zero-order valence-corrected chi connectivity index (χ0v) is 6.98. The van der Waals surface area contributed by atoms with Gasteiger partial charge >= 0.3 is 0 Å². The lowest BCUT2D eigenvalue weighted by atomic mass is 9.93. The van der Waals surface area contributed by atoms with Gasteiger partial charge in [-0.05, 0) is 44.9 Å². The molecule has 0 saturated carbocycles. The summed E-state index contributed by atoms with van der Waals surface area (Å²) in [5.74, 6) is 1.74. The Morgan fingerprint density at radius 1 is 1.70 bits per heavy atom. The average molecular weight is 142 g/mol. The zero-order valence-electron chi connectivity index (χ0n) is 6.98. The molecule has 0 aromatic heterocycles. The summed E-state index contributed by atoms with van der Waals surface area (Å²) >= 11 is 0. The van der Waals surface area contributed by atoms with Crippen LogP contribution in [-0.2, 0) is 0 Å². The van der Waals surface area contributed by atoms with E-state index in [0.29, 0.717) is 0 Å². The van der Waals surface area contributed by atoms with E-state index in [9.17, 15) is 0 Å². The van der Waals surface area contributed by atoms with E-state index in [1.807, 2.05) is 7.05 Å². The molecule has 0 bridgehead atoms. The van der Waals surface area contributed by atoms with Gasteiger partial charge in [-0.1, -0.05) is 6.92 Å². The molecule has 0 spiro atoms. The minimum atomic E-state index is 0.833. The molecule has 1 rings (SSSR count). The van der Waals surface area contributed by atoms with Crippen molar-refractivity contribution in [1.82, 2.24) is 10.6 Å². The number of hydrogen-bond acceptors (Lipinski definition) is 2. The molecule has 0 aromatic rings. The van der Waals surface area contributed by atoms with E-state index in [1.165, 1.54) is 19.5 Å². The van der Waals surface area contributed by atoms with Gasteiger partial charge in [0.05, 0.1) is 0 Å². The van der Waals surface area contributed by atoms with Crippen molar-refractivity contribution < 1.29 is 0 Å². The van der Waals surface area contributed by atoms with E-state index in [-0.39, 0.29) is 0 Å². The lowest BCUT2D eigenvalue weighted by Crippen LogP contribution is -2.24. The van der Waals surface area contributed by atoms with Gasteiger partial charge in [0.25, 0.3) is 0 Å². The lowest BCUT2D eigenvalue weighted by molar-refractivity contribution is 0.376. The molecule has 10 heavy (non-hydrogen) atoms. The number of hydrogen-bond donors (Lipinski definition) is 2. The van der Waals surface area contributed by atoms with Crippen molar-refractivity contribution in [2.45, 2.75) is 13.3 Å². The normalized spacial score (nSPS) is 28.8. The standard InChI is InChI=1S/C8H18N2/c1-7(5-9-2)8-3-4-10-6-8/h7-10H,3-6H2,1-2H3. The highest BCUT2D eigenvalue weighted by Crippen LogP contribution is 2.17. The summed E-state index contributed by atoms with van der Waals surface area (Å²) in [5.41, 5.74) is 0. The first-order valence-corrected chi connectivity index (χ1v) is 4.20. The maximum Gasteiger partial charge on any atom is -0.00170 e. The molecule has 2 N–H and O–H groups in total. The topological polar surface area (TPSA) is 24.1 Å². The van der Waals surface area contributed by atoms with Crippen molar-refractivity contribution in [3.8, 4) is 0 Å². The Morgan fingerprint density at radius 3 is 3.00 bits per heavy atom. The summed E-state index contributed by atoms with van der Waals surface area (Å²) in [4.78, 5) is 0. The average Bonchev–Trinajstić information content (AvgIpc) is 2.38. The largest absolute Gasteiger partial charge is 0.319 e. The third-order valence-electron chi connectivity index (χ3n) is 2.43. The third-order valence-corrected chi connectivity index (χ3v) is 2.43. The molecule has 1 saturated heterocycles. The SMILES string of the molecule is CNCC(C)C1CCNC1. The van der Waals surface area contributed by atoms with Gasteiger partial charge in [-0.15, -0.1) is 0 Å². The minimum Gasteiger partial charge on any atom is -0.319 e. The van der Waals surface area contributed by atoms with Crippen molar-refractivity contribution >= 4 is 0 Å². The Labute approximate surface area is 63.4 Å². The van der Waals surface area contributed by atoms with Crippen LogP contribution in [0.15, 0.2) is 0 Å². The second-order valence-corrected chi connectivity index (χ2v) is 3.29. The first kappa shape index (κ1) is 8.02. The molecule has 0 amide bonds. The monoisotopic (exact) mass is 142 g/mol. The second-order valence-electron chi connectivity index (χ2n) is 3.29. The third kappa shape index (κ3) is 1.96. The quantitative estimate of drug-likeness (QED) is 0.598. The Hall–Kier alpha value is -0.0800. The first-order valence-electron chi connectivity index (χ1n) is 4.20. The van der Waals surface area contributed by atoms with Crippen molar-refractivity contribution in [3.05, 3.63) is 0 Å². The molecule has 60 valence electrons. The Kier molecular flexibility index (Phi) is 3.16. The van der Waals surface area contributed by atoms with Crippen LogP contribution in [0.25, 0.3) is 0 Å². The highest BCUT2D eigenvalue weighted by atomic mass is 14.9. The van der Waals surface area contributed by atoms with Gasteiger partial charge in [-0.2, -0.15) is 0 Å². The molecule has 2 unspecified atom stereocenters. The molecule has 0 aromatic carbocycles. The van der Waals surface area contributed by atoms with Gasteiger partial charge in [-0.3, -0.25) is 0 Å². The fourth-order valence-electron chi connectivity index (χ4n) is 1.65. The minimum absolute atomic E-state index is 0.833. The van der Waals surface area contributed by atoms with E-state index >= 15 is 0 Å². The molecule has 1 fully saturated rings. The van der Waals surface area contributed by atoms with Gasteiger partial charge in [0.15, 0.2) is 0 Å².